The summed E-state index contributed by atoms with van der Waals surface area (Å²) in [5.41, 5.74) is 0.320. The molecule has 5 saturated heterocycles. The van der Waals surface area contributed by atoms with Gasteiger partial charge in [-0.05, 0) is 111 Å². The summed E-state index contributed by atoms with van der Waals surface area (Å²) in [4.78, 5) is 0. The molecule has 17 heteroatoms. The largest absolute Gasteiger partial charge is 0.394 e. The van der Waals surface area contributed by atoms with Gasteiger partial charge in [0, 0.05) is 12.3 Å². The van der Waals surface area contributed by atoms with Crippen molar-refractivity contribution in [2.45, 2.75) is 209 Å². The molecule has 9 N–H and O–H groups in total. The van der Waals surface area contributed by atoms with Crippen molar-refractivity contribution >= 4 is 0 Å². The molecular formula is C45H74O17. The lowest BCUT2D eigenvalue weighted by Gasteiger charge is -2.61. The Balaban J connectivity index is 0.899. The van der Waals surface area contributed by atoms with Crippen LogP contribution < -0.4 is 0 Å². The zero-order valence-electron chi connectivity index (χ0n) is 36.8. The lowest BCUT2D eigenvalue weighted by Crippen LogP contribution is -2.67. The lowest BCUT2D eigenvalue weighted by atomic mass is 9.44. The molecular weight excluding hydrogens is 812 g/mol. The second kappa shape index (κ2) is 17.4. The van der Waals surface area contributed by atoms with Crippen molar-refractivity contribution < 1.29 is 83.9 Å². The first-order valence-corrected chi connectivity index (χ1v) is 23.7. The molecule has 4 aliphatic carbocycles. The molecule has 0 aromatic heterocycles. The molecule has 5 heterocycles. The molecule has 9 aliphatic rings. The van der Waals surface area contributed by atoms with Crippen molar-refractivity contribution in [1.29, 1.82) is 0 Å². The Morgan fingerprint density at radius 2 is 1.24 bits per heavy atom. The van der Waals surface area contributed by atoms with Gasteiger partial charge in [0.2, 0.25) is 0 Å². The van der Waals surface area contributed by atoms with Crippen LogP contribution in [0.4, 0.5) is 0 Å². The summed E-state index contributed by atoms with van der Waals surface area (Å²) < 4.78 is 50.0. The van der Waals surface area contributed by atoms with E-state index in [1.54, 1.807) is 0 Å². The number of aliphatic hydroxyl groups excluding tert-OH is 9. The molecule has 17 nitrogen and oxygen atoms in total. The highest BCUT2D eigenvalue weighted by molar-refractivity contribution is 5.15. The monoisotopic (exact) mass is 886 g/mol. The van der Waals surface area contributed by atoms with Crippen LogP contribution in [0.15, 0.2) is 0 Å². The SMILES string of the molecule is CC1C2C(CC3C4CC[C@H]5C[C@@H](O[C@@H]6O[C@H](CO)[C@H](O[C@@H]7O[C@H](CO)[C@@H](O)[C@H](O)[C@H]7O)[C@H](O)[C@H]6O[C@@H]6O[C@@H](C)[C@H](O)[C@@H](O)[C@H]6O)CC[C@]5(C)C4CC[C@@]32C)O[C@]12CC[C@@H](C)CO2. The van der Waals surface area contributed by atoms with E-state index in [0.717, 1.165) is 51.6 Å². The fraction of sp³-hybridized carbons (Fsp3) is 1.00. The Bertz CT molecular complexity index is 1550. The number of rotatable bonds is 8. The number of ether oxygens (including phenoxy) is 8. The van der Waals surface area contributed by atoms with Gasteiger partial charge in [-0.25, -0.2) is 0 Å². The molecule has 0 bridgehead atoms. The molecule has 9 fully saturated rings. The summed E-state index contributed by atoms with van der Waals surface area (Å²) in [5, 5.41) is 95.8. The second-order valence-corrected chi connectivity index (χ2v) is 21.5. The van der Waals surface area contributed by atoms with Crippen LogP contribution in [0.25, 0.3) is 0 Å². The van der Waals surface area contributed by atoms with E-state index in [2.05, 4.69) is 27.7 Å². The van der Waals surface area contributed by atoms with Gasteiger partial charge in [-0.2, -0.15) is 0 Å². The zero-order chi connectivity index (χ0) is 44.2. The lowest BCUT2D eigenvalue weighted by molar-refractivity contribution is -0.390. The minimum absolute atomic E-state index is 0.103. The third-order valence-electron chi connectivity index (χ3n) is 18.2. The van der Waals surface area contributed by atoms with Crippen LogP contribution in [-0.4, -0.2) is 176 Å². The molecule has 0 aromatic carbocycles. The second-order valence-electron chi connectivity index (χ2n) is 21.5. The van der Waals surface area contributed by atoms with Crippen LogP contribution in [0.3, 0.4) is 0 Å². The van der Waals surface area contributed by atoms with E-state index in [9.17, 15) is 46.0 Å². The van der Waals surface area contributed by atoms with Gasteiger partial charge >= 0.3 is 0 Å². The van der Waals surface area contributed by atoms with E-state index in [0.29, 0.717) is 47.8 Å². The Labute approximate surface area is 364 Å². The van der Waals surface area contributed by atoms with Crippen molar-refractivity contribution in [2.75, 3.05) is 19.8 Å². The van der Waals surface area contributed by atoms with Crippen LogP contribution in [0, 0.1) is 52.3 Å². The average Bonchev–Trinajstić information content (AvgIpc) is 3.70. The number of hydrogen-bond acceptors (Lipinski definition) is 17. The fourth-order valence-electron chi connectivity index (χ4n) is 14.6. The Hall–Kier alpha value is -0.680. The van der Waals surface area contributed by atoms with Crippen LogP contribution in [0.1, 0.15) is 98.8 Å². The van der Waals surface area contributed by atoms with Gasteiger partial charge in [-0.3, -0.25) is 0 Å². The topological polar surface area (TPSA) is 256 Å². The molecule has 6 unspecified atom stereocenters. The van der Waals surface area contributed by atoms with Gasteiger partial charge in [0.1, 0.15) is 67.1 Å². The van der Waals surface area contributed by atoms with Crippen molar-refractivity contribution in [3.63, 3.8) is 0 Å². The van der Waals surface area contributed by atoms with Crippen molar-refractivity contribution in [2.24, 2.45) is 52.3 Å². The van der Waals surface area contributed by atoms with E-state index in [-0.39, 0.29) is 23.0 Å². The maximum absolute atomic E-state index is 12.0. The van der Waals surface area contributed by atoms with Gasteiger partial charge in [0.05, 0.1) is 38.1 Å². The van der Waals surface area contributed by atoms with E-state index in [1.807, 2.05) is 0 Å². The highest BCUT2D eigenvalue weighted by Gasteiger charge is 2.69. The highest BCUT2D eigenvalue weighted by atomic mass is 16.8. The normalized spacial score (nSPS) is 58.9. The van der Waals surface area contributed by atoms with Gasteiger partial charge in [0.15, 0.2) is 24.7 Å². The first-order chi connectivity index (χ1) is 29.4. The summed E-state index contributed by atoms with van der Waals surface area (Å²) in [7, 11) is 0. The summed E-state index contributed by atoms with van der Waals surface area (Å²) >= 11 is 0. The molecule has 0 amide bonds. The van der Waals surface area contributed by atoms with E-state index >= 15 is 0 Å². The Morgan fingerprint density at radius 1 is 0.581 bits per heavy atom. The summed E-state index contributed by atoms with van der Waals surface area (Å²) in [6.45, 7) is 10.6. The van der Waals surface area contributed by atoms with Crippen LogP contribution in [-0.2, 0) is 37.9 Å². The first kappa shape index (κ1) is 46.4. The zero-order valence-corrected chi connectivity index (χ0v) is 36.8. The molecule has 5 aliphatic heterocycles. The van der Waals surface area contributed by atoms with Gasteiger partial charge in [-0.1, -0.05) is 27.7 Å². The van der Waals surface area contributed by atoms with E-state index in [4.69, 9.17) is 37.9 Å². The molecule has 1 spiro atoms. The van der Waals surface area contributed by atoms with Crippen LogP contribution >= 0.6 is 0 Å². The number of aliphatic hydroxyl groups is 9. The van der Waals surface area contributed by atoms with Gasteiger partial charge in [0.25, 0.3) is 0 Å². The minimum atomic E-state index is -1.81. The van der Waals surface area contributed by atoms with E-state index in [1.165, 1.54) is 19.8 Å². The minimum Gasteiger partial charge on any atom is -0.394 e. The fourth-order valence-corrected chi connectivity index (χ4v) is 14.6. The quantitative estimate of drug-likeness (QED) is 0.149. The predicted molar refractivity (Wildman–Crippen MR) is 214 cm³/mol. The summed E-state index contributed by atoms with van der Waals surface area (Å²) in [5.74, 6) is 3.18. The molecule has 4 saturated carbocycles. The standard InChI is InChI=1S/C45H74O17/c1-19-8-13-45(55-18-19)20(2)30-27(62-45)15-26-24-7-6-22-14-23(9-11-43(22,4)25(24)10-12-44(26,30)5)57-42-39(61-40-35(52)33(50)31(48)21(3)56-40)37(54)38(29(17-47)59-42)60-41-36(53)34(51)32(49)28(16-46)58-41/h19-42,46-54H,6-18H2,1-5H3/t19-,20?,21+,22+,23+,24?,25?,26?,27?,28-,29-,30?,31+,32-,33-,34+,35-,36-,37+,38+,39-,40+,41+,42-,43+,44+,45-/m1/s1. The van der Waals surface area contributed by atoms with Crippen LogP contribution in [0.2, 0.25) is 0 Å². The average molecular weight is 887 g/mol. The summed E-state index contributed by atoms with van der Waals surface area (Å²) in [6, 6.07) is 0. The van der Waals surface area contributed by atoms with E-state index < -0.39 is 111 Å². The van der Waals surface area contributed by atoms with Crippen LogP contribution in [0.5, 0.6) is 0 Å². The molecule has 0 radical (unpaired) electrons. The van der Waals surface area contributed by atoms with Gasteiger partial charge in [-0.15, -0.1) is 0 Å². The maximum atomic E-state index is 12.0. The summed E-state index contributed by atoms with van der Waals surface area (Å²) in [6.07, 6.45) is -12.6. The highest BCUT2D eigenvalue weighted by Crippen LogP contribution is 2.71. The third kappa shape index (κ3) is 7.56. The molecule has 27 atom stereocenters. The first-order valence-electron chi connectivity index (χ1n) is 23.7. The van der Waals surface area contributed by atoms with Crippen molar-refractivity contribution in [3.05, 3.63) is 0 Å². The molecule has 356 valence electrons. The van der Waals surface area contributed by atoms with Gasteiger partial charge < -0.3 is 83.9 Å². The molecule has 9 rings (SSSR count). The predicted octanol–water partition coefficient (Wildman–Crippen LogP) is 0.294. The third-order valence-corrected chi connectivity index (χ3v) is 18.2. The Kier molecular flexibility index (Phi) is 13.1. The van der Waals surface area contributed by atoms with Crippen molar-refractivity contribution in [3.8, 4) is 0 Å². The molecule has 0 aromatic rings. The maximum Gasteiger partial charge on any atom is 0.187 e. The Morgan fingerprint density at radius 3 is 1.94 bits per heavy atom. The molecule has 62 heavy (non-hydrogen) atoms. The van der Waals surface area contributed by atoms with Crippen molar-refractivity contribution in [1.82, 2.24) is 0 Å². The number of hydrogen-bond donors (Lipinski definition) is 9. The smallest absolute Gasteiger partial charge is 0.187 e. The number of fused-ring (bicyclic) bond motifs is 7.